The van der Waals surface area contributed by atoms with Crippen LogP contribution in [0.1, 0.15) is 36.8 Å². The highest BCUT2D eigenvalue weighted by molar-refractivity contribution is 6.37. The number of piperidine rings is 2. The van der Waals surface area contributed by atoms with Crippen LogP contribution in [0.4, 0.5) is 15.3 Å². The second-order valence-corrected chi connectivity index (χ2v) is 13.4. The Hall–Kier alpha value is -3.25. The Kier molecular flexibility index (Phi) is 10.4. The topological polar surface area (TPSA) is 118 Å². The number of ether oxygens (including phenoxy) is 1. The van der Waals surface area contributed by atoms with Crippen LogP contribution in [0.15, 0.2) is 36.4 Å². The van der Waals surface area contributed by atoms with Gasteiger partial charge in [0.2, 0.25) is 0 Å². The number of urea groups is 1. The summed E-state index contributed by atoms with van der Waals surface area (Å²) in [5, 5.41) is 16.6. The maximum atomic E-state index is 13.9. The summed E-state index contributed by atoms with van der Waals surface area (Å²) in [6, 6.07) is 11.3. The van der Waals surface area contributed by atoms with E-state index in [-0.39, 0.29) is 40.2 Å². The number of fused-ring (bicyclic) bond motifs is 1. The van der Waals surface area contributed by atoms with Crippen molar-refractivity contribution in [3.8, 4) is 5.75 Å². The second-order valence-electron chi connectivity index (χ2n) is 12.6. The summed E-state index contributed by atoms with van der Waals surface area (Å²) in [5.41, 5.74) is 2.54. The number of carbonyl (C=O) groups excluding carboxylic acids is 3. The molecular formula is C33H42Cl2N6O5. The lowest BCUT2D eigenvalue weighted by Crippen LogP contribution is -2.56. The third-order valence-electron chi connectivity index (χ3n) is 9.77. The van der Waals surface area contributed by atoms with Crippen LogP contribution in [0, 0.1) is 0 Å². The van der Waals surface area contributed by atoms with Crippen molar-refractivity contribution in [2.45, 2.75) is 56.7 Å². The van der Waals surface area contributed by atoms with E-state index in [0.717, 1.165) is 56.7 Å². The van der Waals surface area contributed by atoms with Crippen molar-refractivity contribution in [3.05, 3.63) is 57.6 Å². The van der Waals surface area contributed by atoms with Gasteiger partial charge in [-0.25, -0.2) is 9.59 Å². The number of phenolic OH excluding ortho intramolecular Hbond substituents is 1. The molecule has 248 valence electrons. The fourth-order valence-corrected chi connectivity index (χ4v) is 7.64. The Morgan fingerprint density at radius 3 is 2.26 bits per heavy atom. The third kappa shape index (κ3) is 7.48. The third-order valence-corrected chi connectivity index (χ3v) is 10.3. The van der Waals surface area contributed by atoms with Crippen LogP contribution in [-0.4, -0.2) is 120 Å². The number of hydrogen-bond acceptors (Lipinski definition) is 7. The van der Waals surface area contributed by atoms with Crippen molar-refractivity contribution in [1.29, 1.82) is 0 Å². The van der Waals surface area contributed by atoms with Gasteiger partial charge in [0.25, 0.3) is 5.91 Å². The predicted molar refractivity (Wildman–Crippen MR) is 177 cm³/mol. The largest absolute Gasteiger partial charge is 0.505 e. The van der Waals surface area contributed by atoms with E-state index in [9.17, 15) is 19.5 Å². The van der Waals surface area contributed by atoms with E-state index >= 15 is 0 Å². The number of para-hydroxylation sites is 1. The minimum absolute atomic E-state index is 0.00619. The summed E-state index contributed by atoms with van der Waals surface area (Å²) in [4.78, 5) is 48.2. The van der Waals surface area contributed by atoms with E-state index in [4.69, 9.17) is 27.9 Å². The molecule has 3 N–H and O–H groups in total. The molecule has 4 heterocycles. The number of aromatic hydroxyl groups is 1. The monoisotopic (exact) mass is 672 g/mol. The molecule has 2 aromatic carbocycles. The highest BCUT2D eigenvalue weighted by Gasteiger charge is 2.36. The van der Waals surface area contributed by atoms with Crippen LogP contribution in [0.3, 0.4) is 0 Å². The van der Waals surface area contributed by atoms with Crippen molar-refractivity contribution in [2.75, 3.05) is 64.2 Å². The molecule has 0 aromatic heterocycles. The molecule has 0 bridgehead atoms. The highest BCUT2D eigenvalue weighted by atomic mass is 35.5. The van der Waals surface area contributed by atoms with Crippen molar-refractivity contribution in [1.82, 2.24) is 24.9 Å². The van der Waals surface area contributed by atoms with Crippen LogP contribution in [-0.2, 0) is 22.4 Å². The fraction of sp³-hybridized carbons (Fsp3) is 0.545. The quantitative estimate of drug-likeness (QED) is 0.421. The normalized spacial score (nSPS) is 20.9. The highest BCUT2D eigenvalue weighted by Crippen LogP contribution is 2.33. The first-order valence-electron chi connectivity index (χ1n) is 16.3. The molecule has 1 atom stereocenters. The first-order valence-corrected chi connectivity index (χ1v) is 17.0. The standard InChI is InChI=1S/C33H42Cl2N6O5/c34-26-19-22(20-27(35)30(26)42)21-29(31(43)39-17-15-38(16-18-39)24-5-10-36-11-6-24)46-33(45)40-12-8-25(9-13-40)41-14-7-23-3-1-2-4-28(23)37-32(41)44/h1-4,19-20,24-25,29,36,42H,5-18,21H2,(H,37,44)/t29-/m1/s1. The van der Waals surface area contributed by atoms with Gasteiger partial charge in [0.1, 0.15) is 0 Å². The summed E-state index contributed by atoms with van der Waals surface area (Å²) < 4.78 is 5.96. The van der Waals surface area contributed by atoms with E-state index in [1.807, 2.05) is 29.2 Å². The van der Waals surface area contributed by atoms with Crippen molar-refractivity contribution in [2.24, 2.45) is 0 Å². The van der Waals surface area contributed by atoms with Crippen LogP contribution < -0.4 is 10.6 Å². The molecule has 4 aliphatic heterocycles. The van der Waals surface area contributed by atoms with E-state index in [0.29, 0.717) is 57.2 Å². The summed E-state index contributed by atoms with van der Waals surface area (Å²) in [6.07, 6.45) is 2.61. The Morgan fingerprint density at radius 1 is 0.891 bits per heavy atom. The van der Waals surface area contributed by atoms with Gasteiger partial charge >= 0.3 is 12.1 Å². The van der Waals surface area contributed by atoms with Gasteiger partial charge in [-0.15, -0.1) is 0 Å². The molecule has 4 aliphatic rings. The molecule has 4 amide bonds. The summed E-state index contributed by atoms with van der Waals surface area (Å²) in [5.74, 6) is -0.486. The molecule has 6 rings (SSSR count). The van der Waals surface area contributed by atoms with Crippen LogP contribution in [0.2, 0.25) is 10.0 Å². The number of rotatable bonds is 6. The van der Waals surface area contributed by atoms with Crippen molar-refractivity contribution >= 4 is 46.9 Å². The molecule has 0 aliphatic carbocycles. The zero-order chi connectivity index (χ0) is 32.2. The lowest BCUT2D eigenvalue weighted by atomic mass is 10.0. The second kappa shape index (κ2) is 14.7. The maximum Gasteiger partial charge on any atom is 0.410 e. The average molecular weight is 674 g/mol. The Bertz CT molecular complexity index is 1400. The smallest absolute Gasteiger partial charge is 0.410 e. The summed E-state index contributed by atoms with van der Waals surface area (Å²) in [6.45, 7) is 6.11. The van der Waals surface area contributed by atoms with Gasteiger partial charge in [-0.3, -0.25) is 9.69 Å². The van der Waals surface area contributed by atoms with Crippen LogP contribution in [0.25, 0.3) is 0 Å². The number of likely N-dealkylation sites (tertiary alicyclic amines) is 1. The van der Waals surface area contributed by atoms with Crippen molar-refractivity contribution < 1.29 is 24.2 Å². The number of anilines is 1. The zero-order valence-electron chi connectivity index (χ0n) is 25.9. The Labute approximate surface area is 279 Å². The first kappa shape index (κ1) is 32.7. The molecule has 13 heteroatoms. The van der Waals surface area contributed by atoms with Gasteiger partial charge in [-0.2, -0.15) is 0 Å². The fourth-order valence-electron chi connectivity index (χ4n) is 7.11. The number of benzene rings is 2. The Morgan fingerprint density at radius 2 is 1.57 bits per heavy atom. The molecule has 0 unspecified atom stereocenters. The van der Waals surface area contributed by atoms with Crippen molar-refractivity contribution in [3.63, 3.8) is 0 Å². The summed E-state index contributed by atoms with van der Waals surface area (Å²) >= 11 is 12.4. The predicted octanol–water partition coefficient (Wildman–Crippen LogP) is 4.20. The number of nitrogens with one attached hydrogen (secondary N) is 2. The lowest BCUT2D eigenvalue weighted by molar-refractivity contribution is -0.143. The first-order chi connectivity index (χ1) is 22.3. The zero-order valence-corrected chi connectivity index (χ0v) is 27.4. The summed E-state index contributed by atoms with van der Waals surface area (Å²) in [7, 11) is 0. The van der Waals surface area contributed by atoms with Gasteiger partial charge in [0, 0.05) is 70.0 Å². The maximum absolute atomic E-state index is 13.9. The number of halogens is 2. The number of hydrogen-bond donors (Lipinski definition) is 3. The number of carbonyl (C=O) groups is 3. The van der Waals surface area contributed by atoms with Gasteiger partial charge < -0.3 is 35.2 Å². The number of piperazine rings is 1. The van der Waals surface area contributed by atoms with E-state index in [2.05, 4.69) is 15.5 Å². The molecule has 0 spiro atoms. The van der Waals surface area contributed by atoms with E-state index < -0.39 is 12.2 Å². The van der Waals surface area contributed by atoms with E-state index in [1.165, 1.54) is 0 Å². The lowest BCUT2D eigenvalue weighted by Gasteiger charge is -2.41. The SMILES string of the molecule is O=C(O[C@H](Cc1cc(Cl)c(O)c(Cl)c1)C(=O)N1CCN(C2CCNCC2)CC1)N1CCC(N2CCc3ccccc3NC2=O)CC1. The molecule has 0 saturated carbocycles. The van der Waals surface area contributed by atoms with Crippen LogP contribution >= 0.6 is 23.2 Å². The molecular weight excluding hydrogens is 631 g/mol. The molecule has 3 saturated heterocycles. The minimum atomic E-state index is -1.08. The average Bonchev–Trinajstić information content (AvgIpc) is 3.25. The van der Waals surface area contributed by atoms with Gasteiger partial charge in [-0.1, -0.05) is 41.4 Å². The van der Waals surface area contributed by atoms with Crippen LogP contribution in [0.5, 0.6) is 5.75 Å². The molecule has 11 nitrogen and oxygen atoms in total. The van der Waals surface area contributed by atoms with E-state index in [1.54, 1.807) is 21.9 Å². The number of nitrogens with zero attached hydrogens (tertiary/aromatic N) is 4. The molecule has 46 heavy (non-hydrogen) atoms. The van der Waals surface area contributed by atoms with Gasteiger partial charge in [-0.05, 0) is 74.5 Å². The molecule has 2 aromatic rings. The number of phenols is 1. The van der Waals surface area contributed by atoms with Gasteiger partial charge in [0.05, 0.1) is 10.0 Å². The molecule has 3 fully saturated rings. The Balaban J connectivity index is 1.09. The van der Waals surface area contributed by atoms with Gasteiger partial charge in [0.15, 0.2) is 11.9 Å². The number of amides is 4. The molecule has 0 radical (unpaired) electrons. The minimum Gasteiger partial charge on any atom is -0.505 e.